The zero-order chi connectivity index (χ0) is 19.1. The molecule has 6 nitrogen and oxygen atoms in total. The fourth-order valence-corrected chi connectivity index (χ4v) is 4.40. The lowest BCUT2D eigenvalue weighted by Crippen LogP contribution is -2.30. The van der Waals surface area contributed by atoms with E-state index in [0.717, 1.165) is 48.7 Å². The Morgan fingerprint density at radius 2 is 1.86 bits per heavy atom. The molecular weight excluding hydrogens is 350 g/mol. The van der Waals surface area contributed by atoms with Gasteiger partial charge in [-0.2, -0.15) is 0 Å². The van der Waals surface area contributed by atoms with Crippen LogP contribution in [0.2, 0.25) is 0 Å². The monoisotopic (exact) mass is 375 g/mol. The second-order valence-corrected chi connectivity index (χ2v) is 8.06. The van der Waals surface area contributed by atoms with Crippen LogP contribution >= 0.6 is 0 Å². The Kier molecular flexibility index (Phi) is 4.43. The van der Waals surface area contributed by atoms with E-state index in [0.29, 0.717) is 11.3 Å². The first-order valence-corrected chi connectivity index (χ1v) is 10.2. The summed E-state index contributed by atoms with van der Waals surface area (Å²) in [4.78, 5) is 29.3. The molecule has 0 N–H and O–H groups in total. The Morgan fingerprint density at radius 3 is 2.61 bits per heavy atom. The molecule has 0 amide bonds. The predicted octanol–water partition coefficient (Wildman–Crippen LogP) is 3.33. The number of hydrogen-bond donors (Lipinski definition) is 0. The third kappa shape index (κ3) is 3.02. The van der Waals surface area contributed by atoms with Gasteiger partial charge in [-0.05, 0) is 44.4 Å². The van der Waals surface area contributed by atoms with Crippen molar-refractivity contribution < 1.29 is 0 Å². The lowest BCUT2D eigenvalue weighted by molar-refractivity contribution is 0.234. The number of hydrogen-bond acceptors (Lipinski definition) is 5. The number of likely N-dealkylation sites (tertiary alicyclic amines) is 1. The maximum absolute atomic E-state index is 12.8. The van der Waals surface area contributed by atoms with Crippen molar-refractivity contribution in [3.05, 3.63) is 64.2 Å². The van der Waals surface area contributed by atoms with Gasteiger partial charge in [-0.3, -0.25) is 14.3 Å². The van der Waals surface area contributed by atoms with E-state index < -0.39 is 0 Å². The Bertz CT molecular complexity index is 1050. The van der Waals surface area contributed by atoms with Crippen LogP contribution in [0.15, 0.2) is 41.5 Å². The Balaban J connectivity index is 1.42. The van der Waals surface area contributed by atoms with E-state index in [9.17, 15) is 4.79 Å². The molecule has 2 aromatic heterocycles. The van der Waals surface area contributed by atoms with E-state index in [1.165, 1.54) is 19.3 Å². The molecule has 144 valence electrons. The highest BCUT2D eigenvalue weighted by atomic mass is 16.1. The van der Waals surface area contributed by atoms with Crippen LogP contribution in [0.25, 0.3) is 10.9 Å². The molecule has 1 saturated heterocycles. The molecule has 1 saturated carbocycles. The molecule has 0 bridgehead atoms. The first-order valence-electron chi connectivity index (χ1n) is 10.2. The van der Waals surface area contributed by atoms with Gasteiger partial charge in [0.2, 0.25) is 0 Å². The van der Waals surface area contributed by atoms with E-state index in [4.69, 9.17) is 4.98 Å². The predicted molar refractivity (Wildman–Crippen MR) is 108 cm³/mol. The Labute approximate surface area is 164 Å². The SMILES string of the molecule is Cn1c(C2CCCN2Cc2cnc(C3CCC3)nc2)nc2ccccc2c1=O. The van der Waals surface area contributed by atoms with Gasteiger partial charge >= 0.3 is 0 Å². The molecule has 2 fully saturated rings. The van der Waals surface area contributed by atoms with Gasteiger partial charge in [-0.25, -0.2) is 15.0 Å². The molecule has 1 atom stereocenters. The number of nitrogens with zero attached hydrogens (tertiary/aromatic N) is 5. The van der Waals surface area contributed by atoms with E-state index in [2.05, 4.69) is 14.9 Å². The second kappa shape index (κ2) is 7.09. The van der Waals surface area contributed by atoms with Crippen LogP contribution in [0.4, 0.5) is 0 Å². The minimum absolute atomic E-state index is 0.0284. The summed E-state index contributed by atoms with van der Waals surface area (Å²) in [5.41, 5.74) is 1.93. The summed E-state index contributed by atoms with van der Waals surface area (Å²) in [6.45, 7) is 1.79. The van der Waals surface area contributed by atoms with E-state index in [1.807, 2.05) is 43.7 Å². The van der Waals surface area contributed by atoms with E-state index in [1.54, 1.807) is 4.57 Å². The average Bonchev–Trinajstić information content (AvgIpc) is 3.13. The first kappa shape index (κ1) is 17.5. The maximum Gasteiger partial charge on any atom is 0.261 e. The largest absolute Gasteiger partial charge is 0.298 e. The maximum atomic E-state index is 12.8. The molecule has 0 radical (unpaired) electrons. The topological polar surface area (TPSA) is 63.9 Å². The summed E-state index contributed by atoms with van der Waals surface area (Å²) in [7, 11) is 1.84. The van der Waals surface area contributed by atoms with Gasteiger partial charge in [0.1, 0.15) is 11.6 Å². The fraction of sp³-hybridized carbons (Fsp3) is 0.455. The summed E-state index contributed by atoms with van der Waals surface area (Å²) in [6, 6.07) is 7.74. The summed E-state index contributed by atoms with van der Waals surface area (Å²) < 4.78 is 1.72. The lowest BCUT2D eigenvalue weighted by atomic mass is 9.85. The molecule has 28 heavy (non-hydrogen) atoms. The number of benzene rings is 1. The van der Waals surface area contributed by atoms with Gasteiger partial charge in [0, 0.05) is 37.5 Å². The van der Waals surface area contributed by atoms with Gasteiger partial charge in [-0.15, -0.1) is 0 Å². The van der Waals surface area contributed by atoms with Gasteiger partial charge in [0.25, 0.3) is 5.56 Å². The highest BCUT2D eigenvalue weighted by Gasteiger charge is 2.30. The van der Waals surface area contributed by atoms with Gasteiger partial charge in [-0.1, -0.05) is 18.6 Å². The Morgan fingerprint density at radius 1 is 1.07 bits per heavy atom. The number of fused-ring (bicyclic) bond motifs is 1. The molecule has 6 heteroatoms. The third-order valence-corrected chi connectivity index (χ3v) is 6.26. The third-order valence-electron chi connectivity index (χ3n) is 6.26. The van der Waals surface area contributed by atoms with Crippen molar-refractivity contribution in [3.63, 3.8) is 0 Å². The molecular formula is C22H25N5O. The molecule has 1 aliphatic carbocycles. The summed E-state index contributed by atoms with van der Waals surface area (Å²) >= 11 is 0. The molecule has 3 aromatic rings. The highest BCUT2D eigenvalue weighted by molar-refractivity contribution is 5.77. The smallest absolute Gasteiger partial charge is 0.261 e. The highest BCUT2D eigenvalue weighted by Crippen LogP contribution is 2.35. The van der Waals surface area contributed by atoms with E-state index >= 15 is 0 Å². The van der Waals surface area contributed by atoms with Crippen LogP contribution in [-0.2, 0) is 13.6 Å². The van der Waals surface area contributed by atoms with Crippen molar-refractivity contribution in [2.45, 2.75) is 50.6 Å². The van der Waals surface area contributed by atoms with Crippen LogP contribution in [-0.4, -0.2) is 31.0 Å². The minimum Gasteiger partial charge on any atom is -0.298 e. The molecule has 1 aromatic carbocycles. The molecule has 2 aliphatic rings. The summed E-state index contributed by atoms with van der Waals surface area (Å²) in [5.74, 6) is 2.41. The second-order valence-electron chi connectivity index (χ2n) is 8.06. The van der Waals surface area contributed by atoms with Crippen molar-refractivity contribution in [3.8, 4) is 0 Å². The van der Waals surface area contributed by atoms with Gasteiger partial charge in [0.05, 0.1) is 16.9 Å². The van der Waals surface area contributed by atoms with Crippen molar-refractivity contribution in [1.82, 2.24) is 24.4 Å². The number of para-hydroxylation sites is 1. The molecule has 0 spiro atoms. The zero-order valence-electron chi connectivity index (χ0n) is 16.2. The first-order chi connectivity index (χ1) is 13.7. The van der Waals surface area contributed by atoms with Crippen LogP contribution in [0, 0.1) is 0 Å². The molecule has 1 aliphatic heterocycles. The van der Waals surface area contributed by atoms with Crippen LogP contribution in [0.5, 0.6) is 0 Å². The molecule has 3 heterocycles. The summed E-state index contributed by atoms with van der Waals surface area (Å²) in [5, 5.41) is 0.679. The standard InChI is InChI=1S/C22H25N5O/c1-26-21(25-18-9-3-2-8-17(18)22(26)28)19-10-5-11-27(19)14-15-12-23-20(24-13-15)16-6-4-7-16/h2-3,8-9,12-13,16,19H,4-7,10-11,14H2,1H3. The van der Waals surface area contributed by atoms with Crippen LogP contribution < -0.4 is 5.56 Å². The van der Waals surface area contributed by atoms with E-state index in [-0.39, 0.29) is 11.6 Å². The van der Waals surface area contributed by atoms with Gasteiger partial charge in [0.15, 0.2) is 0 Å². The molecule has 5 rings (SSSR count). The van der Waals surface area contributed by atoms with Crippen molar-refractivity contribution >= 4 is 10.9 Å². The Hall–Kier alpha value is -2.60. The number of rotatable bonds is 4. The average molecular weight is 375 g/mol. The molecule has 1 unspecified atom stereocenters. The normalized spacial score (nSPS) is 20.5. The van der Waals surface area contributed by atoms with Crippen LogP contribution in [0.3, 0.4) is 0 Å². The minimum atomic E-state index is 0.0284. The summed E-state index contributed by atoms with van der Waals surface area (Å²) in [6.07, 6.45) is 9.80. The lowest BCUT2D eigenvalue weighted by Gasteiger charge is -2.26. The quantitative estimate of drug-likeness (QED) is 0.700. The zero-order valence-corrected chi connectivity index (χ0v) is 16.2. The fourth-order valence-electron chi connectivity index (χ4n) is 4.40. The van der Waals surface area contributed by atoms with Crippen molar-refractivity contribution in [1.29, 1.82) is 0 Å². The van der Waals surface area contributed by atoms with Crippen molar-refractivity contribution in [2.24, 2.45) is 7.05 Å². The van der Waals surface area contributed by atoms with Crippen molar-refractivity contribution in [2.75, 3.05) is 6.54 Å². The van der Waals surface area contributed by atoms with Gasteiger partial charge < -0.3 is 0 Å². The van der Waals surface area contributed by atoms with Crippen LogP contribution in [0.1, 0.15) is 61.3 Å². The number of aromatic nitrogens is 4.